The molecule has 0 spiro atoms. The van der Waals surface area contributed by atoms with Crippen molar-refractivity contribution in [2.24, 2.45) is 13.0 Å². The summed E-state index contributed by atoms with van der Waals surface area (Å²) in [6.45, 7) is 5.86. The van der Waals surface area contributed by atoms with Crippen molar-refractivity contribution >= 4 is 5.52 Å². The second-order valence-electron chi connectivity index (χ2n) is 7.86. The van der Waals surface area contributed by atoms with Gasteiger partial charge in [-0.3, -0.25) is 13.8 Å². The van der Waals surface area contributed by atoms with Gasteiger partial charge in [0.25, 0.3) is 5.56 Å². The summed E-state index contributed by atoms with van der Waals surface area (Å²) in [6.07, 6.45) is 6.80. The third kappa shape index (κ3) is 3.69. The molecule has 3 aromatic rings. The Morgan fingerprint density at radius 1 is 1.21 bits per heavy atom. The molecule has 0 saturated carbocycles. The van der Waals surface area contributed by atoms with Gasteiger partial charge in [0.05, 0.1) is 12.4 Å². The smallest absolute Gasteiger partial charge is 0.279 e. The molecule has 1 fully saturated rings. The van der Waals surface area contributed by atoms with E-state index < -0.39 is 0 Å². The molecule has 0 amide bonds. The van der Waals surface area contributed by atoms with Gasteiger partial charge in [0.1, 0.15) is 17.1 Å². The fourth-order valence-electron chi connectivity index (χ4n) is 3.76. The van der Waals surface area contributed by atoms with Crippen LogP contribution in [0.5, 0.6) is 11.6 Å². The molecule has 0 atom stereocenters. The average Bonchev–Trinajstić information content (AvgIpc) is 3.12. The first-order chi connectivity index (χ1) is 13.5. The van der Waals surface area contributed by atoms with E-state index in [2.05, 4.69) is 31.0 Å². The summed E-state index contributed by atoms with van der Waals surface area (Å²) >= 11 is 0. The summed E-state index contributed by atoms with van der Waals surface area (Å²) in [5.41, 5.74) is 1.75. The molecule has 1 aliphatic rings. The van der Waals surface area contributed by atoms with E-state index in [9.17, 15) is 4.79 Å². The third-order valence-corrected chi connectivity index (χ3v) is 5.45. The molecule has 0 radical (unpaired) electrons. The van der Waals surface area contributed by atoms with Gasteiger partial charge in [-0.05, 0) is 42.9 Å². The minimum absolute atomic E-state index is 0.118. The largest absolute Gasteiger partial charge is 0.439 e. The van der Waals surface area contributed by atoms with Crippen LogP contribution in [0.3, 0.4) is 0 Å². The second-order valence-corrected chi connectivity index (χ2v) is 7.86. The Hall–Kier alpha value is -2.60. The summed E-state index contributed by atoms with van der Waals surface area (Å²) in [5, 5.41) is 0. The van der Waals surface area contributed by atoms with Crippen molar-refractivity contribution in [3.05, 3.63) is 58.4 Å². The summed E-state index contributed by atoms with van der Waals surface area (Å²) in [6, 6.07) is 8.16. The summed E-state index contributed by atoms with van der Waals surface area (Å²) < 4.78 is 14.8. The summed E-state index contributed by atoms with van der Waals surface area (Å²) in [4.78, 5) is 17.1. The van der Waals surface area contributed by atoms with Gasteiger partial charge in [-0.1, -0.05) is 26.0 Å². The molecule has 3 heterocycles. The SMILES string of the molecule is CC(C)c1ncc2c(=O)n(C)c(Oc3ccc(CC4CCOCC4)cc3)cn12. The van der Waals surface area contributed by atoms with Crippen LogP contribution in [0.25, 0.3) is 5.52 Å². The maximum Gasteiger partial charge on any atom is 0.279 e. The van der Waals surface area contributed by atoms with Crippen molar-refractivity contribution in [2.75, 3.05) is 13.2 Å². The minimum atomic E-state index is -0.118. The van der Waals surface area contributed by atoms with Gasteiger partial charge in [0.2, 0.25) is 5.88 Å². The van der Waals surface area contributed by atoms with E-state index in [1.165, 1.54) is 10.1 Å². The Morgan fingerprint density at radius 3 is 2.61 bits per heavy atom. The first kappa shape index (κ1) is 18.7. The molecule has 0 N–H and O–H groups in total. The molecule has 148 valence electrons. The van der Waals surface area contributed by atoms with Crippen LogP contribution in [0.2, 0.25) is 0 Å². The zero-order chi connectivity index (χ0) is 19.7. The molecule has 0 bridgehead atoms. The van der Waals surface area contributed by atoms with Crippen LogP contribution in [-0.4, -0.2) is 27.2 Å². The van der Waals surface area contributed by atoms with E-state index in [1.807, 2.05) is 22.7 Å². The molecule has 1 aliphatic heterocycles. The molecular weight excluding hydrogens is 354 g/mol. The maximum absolute atomic E-state index is 12.7. The standard InChI is InChI=1S/C22H27N3O3/c1-15(2)21-23-13-19-22(26)24(3)20(14-25(19)21)28-18-6-4-16(5-7-18)12-17-8-10-27-11-9-17/h4-7,13-15,17H,8-12H2,1-3H3. The summed E-state index contributed by atoms with van der Waals surface area (Å²) in [5.74, 6) is 2.97. The van der Waals surface area contributed by atoms with E-state index in [1.54, 1.807) is 13.2 Å². The Morgan fingerprint density at radius 2 is 1.93 bits per heavy atom. The third-order valence-electron chi connectivity index (χ3n) is 5.45. The zero-order valence-electron chi connectivity index (χ0n) is 16.7. The van der Waals surface area contributed by atoms with E-state index in [0.29, 0.717) is 17.3 Å². The van der Waals surface area contributed by atoms with Crippen molar-refractivity contribution in [2.45, 2.75) is 39.0 Å². The number of fused-ring (bicyclic) bond motifs is 1. The Labute approximate surface area is 164 Å². The Bertz CT molecular complexity index is 1010. The van der Waals surface area contributed by atoms with Crippen LogP contribution >= 0.6 is 0 Å². The fourth-order valence-corrected chi connectivity index (χ4v) is 3.76. The molecule has 6 heteroatoms. The van der Waals surface area contributed by atoms with E-state index in [-0.39, 0.29) is 11.5 Å². The lowest BCUT2D eigenvalue weighted by Crippen LogP contribution is -2.20. The highest BCUT2D eigenvalue weighted by atomic mass is 16.5. The number of hydrogen-bond acceptors (Lipinski definition) is 4. The Balaban J connectivity index is 1.56. The van der Waals surface area contributed by atoms with Crippen molar-refractivity contribution in [3.8, 4) is 11.6 Å². The number of rotatable bonds is 5. The lowest BCUT2D eigenvalue weighted by Gasteiger charge is -2.22. The predicted octanol–water partition coefficient (Wildman–Crippen LogP) is 3.92. The van der Waals surface area contributed by atoms with Crippen molar-refractivity contribution in [1.29, 1.82) is 0 Å². The monoisotopic (exact) mass is 381 g/mol. The molecule has 28 heavy (non-hydrogen) atoms. The van der Waals surface area contributed by atoms with Gasteiger partial charge in [0, 0.05) is 26.2 Å². The molecule has 2 aromatic heterocycles. The van der Waals surface area contributed by atoms with Gasteiger partial charge in [-0.25, -0.2) is 4.98 Å². The van der Waals surface area contributed by atoms with E-state index in [0.717, 1.165) is 44.1 Å². The normalized spacial score (nSPS) is 15.4. The van der Waals surface area contributed by atoms with Gasteiger partial charge in [-0.2, -0.15) is 0 Å². The summed E-state index contributed by atoms with van der Waals surface area (Å²) in [7, 11) is 1.72. The highest BCUT2D eigenvalue weighted by Gasteiger charge is 2.16. The number of imidazole rings is 1. The van der Waals surface area contributed by atoms with Gasteiger partial charge in [-0.15, -0.1) is 0 Å². The van der Waals surface area contributed by atoms with Crippen LogP contribution in [-0.2, 0) is 18.2 Å². The van der Waals surface area contributed by atoms with Crippen LogP contribution in [0.15, 0.2) is 41.5 Å². The first-order valence-electron chi connectivity index (χ1n) is 9.94. The topological polar surface area (TPSA) is 57.8 Å². The van der Waals surface area contributed by atoms with E-state index in [4.69, 9.17) is 9.47 Å². The fraction of sp³-hybridized carbons (Fsp3) is 0.455. The molecule has 1 aromatic carbocycles. The van der Waals surface area contributed by atoms with Crippen LogP contribution in [0.1, 0.15) is 44.0 Å². The van der Waals surface area contributed by atoms with Crippen molar-refractivity contribution < 1.29 is 9.47 Å². The maximum atomic E-state index is 12.7. The highest BCUT2D eigenvalue weighted by molar-refractivity contribution is 5.46. The van der Waals surface area contributed by atoms with Crippen LogP contribution < -0.4 is 10.3 Å². The van der Waals surface area contributed by atoms with Crippen molar-refractivity contribution in [3.63, 3.8) is 0 Å². The molecule has 1 saturated heterocycles. The minimum Gasteiger partial charge on any atom is -0.439 e. The number of nitrogens with zero attached hydrogens (tertiary/aromatic N) is 3. The van der Waals surface area contributed by atoms with Crippen LogP contribution in [0, 0.1) is 5.92 Å². The number of ether oxygens (including phenoxy) is 2. The average molecular weight is 381 g/mol. The highest BCUT2D eigenvalue weighted by Crippen LogP contribution is 2.25. The number of aromatic nitrogens is 3. The quantitative estimate of drug-likeness (QED) is 0.672. The molecule has 0 aliphatic carbocycles. The number of hydrogen-bond donors (Lipinski definition) is 0. The lowest BCUT2D eigenvalue weighted by atomic mass is 9.92. The molecule has 0 unspecified atom stereocenters. The Kier molecular flexibility index (Phi) is 5.22. The number of benzene rings is 1. The molecule has 6 nitrogen and oxygen atoms in total. The lowest BCUT2D eigenvalue weighted by molar-refractivity contribution is 0.0665. The predicted molar refractivity (Wildman–Crippen MR) is 108 cm³/mol. The van der Waals surface area contributed by atoms with E-state index >= 15 is 0 Å². The van der Waals surface area contributed by atoms with Gasteiger partial charge >= 0.3 is 0 Å². The van der Waals surface area contributed by atoms with Gasteiger partial charge in [0.15, 0.2) is 0 Å². The van der Waals surface area contributed by atoms with Crippen molar-refractivity contribution in [1.82, 2.24) is 14.0 Å². The van der Waals surface area contributed by atoms with Gasteiger partial charge < -0.3 is 9.47 Å². The van der Waals surface area contributed by atoms with Crippen LogP contribution in [0.4, 0.5) is 0 Å². The molecule has 4 rings (SSSR count). The zero-order valence-corrected chi connectivity index (χ0v) is 16.7. The second kappa shape index (κ2) is 7.80. The molecular formula is C22H27N3O3. The first-order valence-corrected chi connectivity index (χ1v) is 9.94.